The standard InChI is InChI=1S/C9H13F3N2O/c1-4-13-7(6(2)3)8(15)14-5-9(10,11)12/h4H,5H2,1-3H3,(H,14,15). The van der Waals surface area contributed by atoms with Gasteiger partial charge in [0.25, 0.3) is 5.91 Å². The molecule has 0 fully saturated rings. The van der Waals surface area contributed by atoms with Gasteiger partial charge in [0, 0.05) is 6.21 Å². The van der Waals surface area contributed by atoms with Crippen LogP contribution in [0, 0.1) is 0 Å². The first-order chi connectivity index (χ1) is 6.78. The molecule has 0 aliphatic carbocycles. The highest BCUT2D eigenvalue weighted by atomic mass is 19.4. The average Bonchev–Trinajstić information content (AvgIpc) is 2.08. The zero-order valence-corrected chi connectivity index (χ0v) is 8.77. The number of nitrogens with zero attached hydrogens (tertiary/aromatic N) is 1. The molecule has 0 bridgehead atoms. The maximum atomic E-state index is 11.8. The van der Waals surface area contributed by atoms with E-state index < -0.39 is 18.6 Å². The minimum atomic E-state index is -4.40. The van der Waals surface area contributed by atoms with Crippen LogP contribution in [-0.2, 0) is 4.79 Å². The molecule has 3 nitrogen and oxygen atoms in total. The summed E-state index contributed by atoms with van der Waals surface area (Å²) in [5, 5.41) is 1.75. The third-order valence-corrected chi connectivity index (χ3v) is 1.40. The molecule has 0 saturated heterocycles. The van der Waals surface area contributed by atoms with E-state index in [1.54, 1.807) is 26.1 Å². The molecular weight excluding hydrogens is 209 g/mol. The second-order valence-electron chi connectivity index (χ2n) is 3.03. The van der Waals surface area contributed by atoms with Crippen LogP contribution in [0.5, 0.6) is 0 Å². The normalized spacial score (nSPS) is 11.6. The van der Waals surface area contributed by atoms with E-state index >= 15 is 0 Å². The lowest BCUT2D eigenvalue weighted by Gasteiger charge is -2.09. The van der Waals surface area contributed by atoms with Crippen LogP contribution >= 0.6 is 0 Å². The first kappa shape index (κ1) is 13.7. The molecule has 15 heavy (non-hydrogen) atoms. The van der Waals surface area contributed by atoms with E-state index in [1.807, 2.05) is 0 Å². The molecule has 6 heteroatoms. The number of carbonyl (C=O) groups is 1. The Bertz CT molecular complexity index is 288. The topological polar surface area (TPSA) is 41.5 Å². The maximum absolute atomic E-state index is 11.8. The van der Waals surface area contributed by atoms with E-state index in [0.717, 1.165) is 0 Å². The molecule has 0 aromatic rings. The van der Waals surface area contributed by atoms with Crippen molar-refractivity contribution in [1.82, 2.24) is 5.32 Å². The highest BCUT2D eigenvalue weighted by Crippen LogP contribution is 2.13. The Morgan fingerprint density at radius 1 is 1.40 bits per heavy atom. The first-order valence-corrected chi connectivity index (χ1v) is 4.29. The number of allylic oxidation sites excluding steroid dienone is 1. The number of hydrogen-bond acceptors (Lipinski definition) is 2. The molecule has 0 saturated carbocycles. The molecule has 1 N–H and O–H groups in total. The van der Waals surface area contributed by atoms with Crippen LogP contribution in [0.1, 0.15) is 20.8 Å². The fourth-order valence-corrected chi connectivity index (χ4v) is 0.808. The molecule has 86 valence electrons. The van der Waals surface area contributed by atoms with Crippen molar-refractivity contribution in [3.8, 4) is 0 Å². The summed E-state index contributed by atoms with van der Waals surface area (Å²) in [6.45, 7) is 3.45. The number of carbonyl (C=O) groups excluding carboxylic acids is 1. The number of halogens is 3. The minimum absolute atomic E-state index is 0.0155. The molecule has 1 amide bonds. The Morgan fingerprint density at radius 2 is 1.93 bits per heavy atom. The summed E-state index contributed by atoms with van der Waals surface area (Å²) in [6, 6.07) is 0. The highest BCUT2D eigenvalue weighted by molar-refractivity contribution is 5.94. The van der Waals surface area contributed by atoms with Gasteiger partial charge in [-0.25, -0.2) is 0 Å². The van der Waals surface area contributed by atoms with Gasteiger partial charge in [-0.15, -0.1) is 0 Å². The van der Waals surface area contributed by atoms with Crippen molar-refractivity contribution in [2.24, 2.45) is 4.99 Å². The van der Waals surface area contributed by atoms with Crippen LogP contribution in [0.4, 0.5) is 13.2 Å². The van der Waals surface area contributed by atoms with Crippen molar-refractivity contribution in [1.29, 1.82) is 0 Å². The van der Waals surface area contributed by atoms with E-state index in [0.29, 0.717) is 5.57 Å². The lowest BCUT2D eigenvalue weighted by Crippen LogP contribution is -2.34. The van der Waals surface area contributed by atoms with Crippen LogP contribution in [0.3, 0.4) is 0 Å². The molecule has 0 aliphatic heterocycles. The van der Waals surface area contributed by atoms with Crippen LogP contribution in [0.15, 0.2) is 16.3 Å². The number of nitrogens with one attached hydrogen (secondary N) is 1. The van der Waals surface area contributed by atoms with Gasteiger partial charge < -0.3 is 5.32 Å². The molecular formula is C9H13F3N2O. The van der Waals surface area contributed by atoms with Crippen molar-refractivity contribution < 1.29 is 18.0 Å². The van der Waals surface area contributed by atoms with Gasteiger partial charge in [-0.3, -0.25) is 9.79 Å². The van der Waals surface area contributed by atoms with E-state index in [1.165, 1.54) is 6.21 Å². The molecule has 0 rings (SSSR count). The van der Waals surface area contributed by atoms with Gasteiger partial charge in [0.1, 0.15) is 12.2 Å². The third-order valence-electron chi connectivity index (χ3n) is 1.40. The summed E-state index contributed by atoms with van der Waals surface area (Å²) >= 11 is 0. The van der Waals surface area contributed by atoms with Crippen LogP contribution in [0.2, 0.25) is 0 Å². The Kier molecular flexibility index (Phi) is 5.04. The quantitative estimate of drug-likeness (QED) is 0.576. The third kappa shape index (κ3) is 5.87. The van der Waals surface area contributed by atoms with Crippen molar-refractivity contribution in [2.45, 2.75) is 26.9 Å². The Balaban J connectivity index is 4.50. The monoisotopic (exact) mass is 222 g/mol. The van der Waals surface area contributed by atoms with Gasteiger partial charge >= 0.3 is 6.18 Å². The summed E-state index contributed by atoms with van der Waals surface area (Å²) in [6.07, 6.45) is -3.05. The smallest absolute Gasteiger partial charge is 0.342 e. The van der Waals surface area contributed by atoms with Gasteiger partial charge in [0.15, 0.2) is 0 Å². The number of rotatable bonds is 3. The van der Waals surface area contributed by atoms with Crippen molar-refractivity contribution in [2.75, 3.05) is 6.54 Å². The summed E-state index contributed by atoms with van der Waals surface area (Å²) in [7, 11) is 0. The lowest BCUT2D eigenvalue weighted by atomic mass is 10.2. The van der Waals surface area contributed by atoms with Crippen LogP contribution in [-0.4, -0.2) is 24.8 Å². The summed E-state index contributed by atoms with van der Waals surface area (Å²) in [5.74, 6) is -0.814. The Morgan fingerprint density at radius 3 is 2.27 bits per heavy atom. The number of hydrogen-bond donors (Lipinski definition) is 1. The Labute approximate surface area is 86.1 Å². The lowest BCUT2D eigenvalue weighted by molar-refractivity contribution is -0.136. The zero-order chi connectivity index (χ0) is 12.1. The van der Waals surface area contributed by atoms with Crippen LogP contribution in [0.25, 0.3) is 0 Å². The molecule has 0 spiro atoms. The first-order valence-electron chi connectivity index (χ1n) is 4.29. The van der Waals surface area contributed by atoms with Gasteiger partial charge in [0.2, 0.25) is 0 Å². The summed E-state index contributed by atoms with van der Waals surface area (Å²) in [4.78, 5) is 14.9. The van der Waals surface area contributed by atoms with Gasteiger partial charge in [-0.2, -0.15) is 13.2 Å². The summed E-state index contributed by atoms with van der Waals surface area (Å²) < 4.78 is 35.4. The second-order valence-corrected chi connectivity index (χ2v) is 3.03. The number of alkyl halides is 3. The van der Waals surface area contributed by atoms with Crippen molar-refractivity contribution in [3.05, 3.63) is 11.3 Å². The van der Waals surface area contributed by atoms with Gasteiger partial charge in [-0.05, 0) is 26.3 Å². The number of amides is 1. The second kappa shape index (κ2) is 5.53. The van der Waals surface area contributed by atoms with Crippen molar-refractivity contribution in [3.63, 3.8) is 0 Å². The van der Waals surface area contributed by atoms with Gasteiger partial charge in [0.05, 0.1) is 0 Å². The van der Waals surface area contributed by atoms with Gasteiger partial charge in [-0.1, -0.05) is 0 Å². The zero-order valence-electron chi connectivity index (χ0n) is 8.77. The average molecular weight is 222 g/mol. The SMILES string of the molecule is CC=NC(C(=O)NCC(F)(F)F)=C(C)C. The maximum Gasteiger partial charge on any atom is 0.405 e. The Hall–Kier alpha value is -1.33. The van der Waals surface area contributed by atoms with Crippen molar-refractivity contribution >= 4 is 12.1 Å². The molecule has 0 radical (unpaired) electrons. The predicted octanol–water partition coefficient (Wildman–Crippen LogP) is 2.05. The number of aliphatic imine (C=N–C) groups is 1. The summed E-state index contributed by atoms with van der Waals surface area (Å²) in [5.41, 5.74) is 0.578. The largest absolute Gasteiger partial charge is 0.405 e. The molecule has 0 aliphatic rings. The fraction of sp³-hybridized carbons (Fsp3) is 0.556. The molecule has 0 heterocycles. The highest BCUT2D eigenvalue weighted by Gasteiger charge is 2.28. The van der Waals surface area contributed by atoms with Crippen LogP contribution < -0.4 is 5.32 Å². The molecule has 0 aromatic carbocycles. The van der Waals surface area contributed by atoms with E-state index in [9.17, 15) is 18.0 Å². The van der Waals surface area contributed by atoms with E-state index in [4.69, 9.17) is 0 Å². The molecule has 0 atom stereocenters. The molecule has 0 unspecified atom stereocenters. The molecule has 0 aromatic heterocycles. The fourth-order valence-electron chi connectivity index (χ4n) is 0.808. The van der Waals surface area contributed by atoms with E-state index in [2.05, 4.69) is 4.99 Å². The minimum Gasteiger partial charge on any atom is -0.342 e. The predicted molar refractivity (Wildman–Crippen MR) is 51.6 cm³/mol. The van der Waals surface area contributed by atoms with E-state index in [-0.39, 0.29) is 5.70 Å².